The van der Waals surface area contributed by atoms with Crippen molar-refractivity contribution in [3.63, 3.8) is 0 Å². The number of rotatable bonds is 3. The average molecular weight is 371 g/mol. The fraction of sp³-hybridized carbons (Fsp3) is 0.231. The van der Waals surface area contributed by atoms with Crippen molar-refractivity contribution >= 4 is 34.2 Å². The highest BCUT2D eigenvalue weighted by Gasteiger charge is 2.19. The molecule has 2 rings (SSSR count). The van der Waals surface area contributed by atoms with Gasteiger partial charge < -0.3 is 10.5 Å². The third-order valence-corrected chi connectivity index (χ3v) is 3.46. The first-order chi connectivity index (χ1) is 8.99. The van der Waals surface area contributed by atoms with Gasteiger partial charge in [0, 0.05) is 10.6 Å². The standard InChI is InChI=1S/C13H14IN3O2/c1-8-11(15)12(17(2)16-8)13(18)19-7-9-3-5-10(14)6-4-9/h3-6H,7,15H2,1-2H3. The number of carbonyl (C=O) groups excluding carboxylic acids is 1. The molecule has 2 aromatic rings. The molecule has 0 spiro atoms. The smallest absolute Gasteiger partial charge is 0.359 e. The van der Waals surface area contributed by atoms with Crippen molar-refractivity contribution in [1.29, 1.82) is 0 Å². The average Bonchev–Trinajstić information content (AvgIpc) is 2.62. The van der Waals surface area contributed by atoms with Gasteiger partial charge in [-0.2, -0.15) is 5.10 Å². The number of anilines is 1. The van der Waals surface area contributed by atoms with Crippen LogP contribution in [0.3, 0.4) is 0 Å². The van der Waals surface area contributed by atoms with Crippen LogP contribution in [-0.2, 0) is 18.4 Å². The number of hydrogen-bond donors (Lipinski definition) is 1. The van der Waals surface area contributed by atoms with E-state index < -0.39 is 5.97 Å². The van der Waals surface area contributed by atoms with Gasteiger partial charge in [0.1, 0.15) is 6.61 Å². The molecule has 2 N–H and O–H groups in total. The molecule has 0 fully saturated rings. The SMILES string of the molecule is Cc1nn(C)c(C(=O)OCc2ccc(I)cc2)c1N. The van der Waals surface area contributed by atoms with Gasteiger partial charge in [0.25, 0.3) is 0 Å². The number of carbonyl (C=O) groups is 1. The maximum atomic E-state index is 12.0. The van der Waals surface area contributed by atoms with Gasteiger partial charge in [-0.05, 0) is 47.2 Å². The summed E-state index contributed by atoms with van der Waals surface area (Å²) >= 11 is 2.22. The lowest BCUT2D eigenvalue weighted by Crippen LogP contribution is -2.12. The first-order valence-electron chi connectivity index (χ1n) is 5.69. The summed E-state index contributed by atoms with van der Waals surface area (Å²) in [5.41, 5.74) is 8.04. The lowest BCUT2D eigenvalue weighted by Gasteiger charge is -2.06. The van der Waals surface area contributed by atoms with Gasteiger partial charge in [-0.1, -0.05) is 12.1 Å². The van der Waals surface area contributed by atoms with E-state index in [2.05, 4.69) is 27.7 Å². The molecule has 0 aliphatic heterocycles. The summed E-state index contributed by atoms with van der Waals surface area (Å²) in [5.74, 6) is -0.459. The second-order valence-electron chi connectivity index (χ2n) is 4.17. The zero-order chi connectivity index (χ0) is 14.0. The van der Waals surface area contributed by atoms with Gasteiger partial charge in [-0.3, -0.25) is 4.68 Å². The van der Waals surface area contributed by atoms with Gasteiger partial charge in [0.05, 0.1) is 11.4 Å². The molecule has 0 saturated heterocycles. The minimum atomic E-state index is -0.459. The van der Waals surface area contributed by atoms with E-state index in [1.165, 1.54) is 4.68 Å². The van der Waals surface area contributed by atoms with Crippen LogP contribution >= 0.6 is 22.6 Å². The molecule has 5 nitrogen and oxygen atoms in total. The van der Waals surface area contributed by atoms with Gasteiger partial charge in [-0.15, -0.1) is 0 Å². The van der Waals surface area contributed by atoms with Crippen LogP contribution in [0.1, 0.15) is 21.7 Å². The minimum absolute atomic E-state index is 0.222. The van der Waals surface area contributed by atoms with Crippen molar-refractivity contribution in [2.75, 3.05) is 5.73 Å². The Bertz CT molecular complexity index is 605. The summed E-state index contributed by atoms with van der Waals surface area (Å²) in [4.78, 5) is 12.0. The molecular formula is C13H14IN3O2. The molecular weight excluding hydrogens is 357 g/mol. The molecule has 0 unspecified atom stereocenters. The van der Waals surface area contributed by atoms with Crippen molar-refractivity contribution in [1.82, 2.24) is 9.78 Å². The first-order valence-corrected chi connectivity index (χ1v) is 6.77. The van der Waals surface area contributed by atoms with Crippen LogP contribution in [0.15, 0.2) is 24.3 Å². The van der Waals surface area contributed by atoms with Crippen LogP contribution in [0, 0.1) is 10.5 Å². The Balaban J connectivity index is 2.07. The largest absolute Gasteiger partial charge is 0.456 e. The summed E-state index contributed by atoms with van der Waals surface area (Å²) in [7, 11) is 1.67. The monoisotopic (exact) mass is 371 g/mol. The zero-order valence-corrected chi connectivity index (χ0v) is 12.8. The molecule has 100 valence electrons. The number of nitrogen functional groups attached to an aromatic ring is 1. The Kier molecular flexibility index (Phi) is 4.08. The first kappa shape index (κ1) is 13.9. The topological polar surface area (TPSA) is 70.1 Å². The highest BCUT2D eigenvalue weighted by Crippen LogP contribution is 2.17. The second-order valence-corrected chi connectivity index (χ2v) is 5.42. The predicted octanol–water partition coefficient (Wildman–Crippen LogP) is 2.27. The number of ether oxygens (including phenoxy) is 1. The Labute approximate surface area is 124 Å². The minimum Gasteiger partial charge on any atom is -0.456 e. The van der Waals surface area contributed by atoms with Crippen molar-refractivity contribution in [2.45, 2.75) is 13.5 Å². The van der Waals surface area contributed by atoms with Gasteiger partial charge >= 0.3 is 5.97 Å². The van der Waals surface area contributed by atoms with Crippen molar-refractivity contribution in [3.05, 3.63) is 44.8 Å². The van der Waals surface area contributed by atoms with Gasteiger partial charge in [0.15, 0.2) is 5.69 Å². The van der Waals surface area contributed by atoms with E-state index in [9.17, 15) is 4.79 Å². The molecule has 0 atom stereocenters. The van der Waals surface area contributed by atoms with Crippen molar-refractivity contribution in [2.24, 2.45) is 7.05 Å². The van der Waals surface area contributed by atoms with E-state index in [-0.39, 0.29) is 6.61 Å². The van der Waals surface area contributed by atoms with Crippen LogP contribution in [0.4, 0.5) is 5.69 Å². The molecule has 19 heavy (non-hydrogen) atoms. The zero-order valence-electron chi connectivity index (χ0n) is 10.7. The Morgan fingerprint density at radius 3 is 2.58 bits per heavy atom. The van der Waals surface area contributed by atoms with Crippen LogP contribution in [-0.4, -0.2) is 15.7 Å². The van der Waals surface area contributed by atoms with Crippen LogP contribution in [0.25, 0.3) is 0 Å². The van der Waals surface area contributed by atoms with Gasteiger partial charge in [-0.25, -0.2) is 4.79 Å². The molecule has 0 saturated carbocycles. The van der Waals surface area contributed by atoms with Gasteiger partial charge in [0.2, 0.25) is 0 Å². The maximum absolute atomic E-state index is 12.0. The third kappa shape index (κ3) is 3.06. The predicted molar refractivity (Wildman–Crippen MR) is 80.6 cm³/mol. The van der Waals surface area contributed by atoms with E-state index in [0.717, 1.165) is 9.13 Å². The van der Waals surface area contributed by atoms with Crippen molar-refractivity contribution in [3.8, 4) is 0 Å². The fourth-order valence-corrected chi connectivity index (χ4v) is 2.07. The summed E-state index contributed by atoms with van der Waals surface area (Å²) < 4.78 is 7.83. The Morgan fingerprint density at radius 2 is 2.05 bits per heavy atom. The number of benzene rings is 1. The van der Waals surface area contributed by atoms with E-state index in [0.29, 0.717) is 17.1 Å². The summed E-state index contributed by atoms with van der Waals surface area (Å²) in [6, 6.07) is 7.78. The number of nitrogens with two attached hydrogens (primary N) is 1. The molecule has 1 heterocycles. The van der Waals surface area contributed by atoms with Crippen LogP contribution in [0.2, 0.25) is 0 Å². The van der Waals surface area contributed by atoms with E-state index >= 15 is 0 Å². The van der Waals surface area contributed by atoms with E-state index in [1.54, 1.807) is 14.0 Å². The lowest BCUT2D eigenvalue weighted by atomic mass is 10.2. The molecule has 0 bridgehead atoms. The number of aryl methyl sites for hydroxylation is 2. The number of aromatic nitrogens is 2. The summed E-state index contributed by atoms with van der Waals surface area (Å²) in [5, 5.41) is 4.09. The highest BCUT2D eigenvalue weighted by molar-refractivity contribution is 14.1. The molecule has 0 radical (unpaired) electrons. The summed E-state index contributed by atoms with van der Waals surface area (Å²) in [6.07, 6.45) is 0. The third-order valence-electron chi connectivity index (χ3n) is 2.75. The normalized spacial score (nSPS) is 10.5. The second kappa shape index (κ2) is 5.60. The highest BCUT2D eigenvalue weighted by atomic mass is 127. The molecule has 6 heteroatoms. The van der Waals surface area contributed by atoms with Crippen LogP contribution < -0.4 is 5.73 Å². The quantitative estimate of drug-likeness (QED) is 0.664. The number of halogens is 1. The number of esters is 1. The Hall–Kier alpha value is -1.57. The molecule has 1 aromatic heterocycles. The molecule has 0 amide bonds. The number of nitrogens with zero attached hydrogens (tertiary/aromatic N) is 2. The molecule has 1 aromatic carbocycles. The molecule has 0 aliphatic rings. The van der Waals surface area contributed by atoms with Crippen LogP contribution in [0.5, 0.6) is 0 Å². The molecule has 0 aliphatic carbocycles. The summed E-state index contributed by atoms with van der Waals surface area (Å²) in [6.45, 7) is 1.98. The van der Waals surface area contributed by atoms with E-state index in [4.69, 9.17) is 10.5 Å². The fourth-order valence-electron chi connectivity index (χ4n) is 1.71. The van der Waals surface area contributed by atoms with E-state index in [1.807, 2.05) is 24.3 Å². The Morgan fingerprint density at radius 1 is 1.42 bits per heavy atom. The van der Waals surface area contributed by atoms with Crippen molar-refractivity contribution < 1.29 is 9.53 Å². The number of hydrogen-bond acceptors (Lipinski definition) is 4. The lowest BCUT2D eigenvalue weighted by molar-refractivity contribution is 0.0461. The maximum Gasteiger partial charge on any atom is 0.359 e.